The Hall–Kier alpha value is -1.64. The third-order valence-electron chi connectivity index (χ3n) is 5.53. The molecule has 2 N–H and O–H groups in total. The number of hydrogen-bond donors (Lipinski definition) is 2. The van der Waals surface area contributed by atoms with Gasteiger partial charge in [0.05, 0.1) is 11.5 Å². The zero-order valence-electron chi connectivity index (χ0n) is 17.5. The van der Waals surface area contributed by atoms with Crippen molar-refractivity contribution in [3.05, 3.63) is 35.9 Å². The highest BCUT2D eigenvalue weighted by molar-refractivity contribution is 7.91. The van der Waals surface area contributed by atoms with Crippen molar-refractivity contribution in [1.29, 1.82) is 0 Å². The molecule has 0 radical (unpaired) electrons. The average molecular weight is 422 g/mol. The third-order valence-corrected chi connectivity index (χ3v) is 7.30. The van der Waals surface area contributed by atoms with E-state index in [2.05, 4.69) is 55.8 Å². The van der Waals surface area contributed by atoms with Gasteiger partial charge in [0.25, 0.3) is 0 Å². The van der Waals surface area contributed by atoms with Gasteiger partial charge in [0.15, 0.2) is 15.8 Å². The fourth-order valence-corrected chi connectivity index (χ4v) is 5.59. The van der Waals surface area contributed by atoms with Gasteiger partial charge in [-0.3, -0.25) is 9.89 Å². The third kappa shape index (κ3) is 7.60. The van der Waals surface area contributed by atoms with Crippen LogP contribution < -0.4 is 10.6 Å². The minimum Gasteiger partial charge on any atom is -0.357 e. The number of hydrogen-bond acceptors (Lipinski definition) is 5. The Kier molecular flexibility index (Phi) is 8.32. The van der Waals surface area contributed by atoms with Crippen LogP contribution >= 0.6 is 0 Å². The van der Waals surface area contributed by atoms with Gasteiger partial charge in [-0.1, -0.05) is 30.3 Å². The number of aliphatic imine (C=N–C) groups is 1. The van der Waals surface area contributed by atoms with Gasteiger partial charge in [-0.15, -0.1) is 0 Å². The van der Waals surface area contributed by atoms with Crippen molar-refractivity contribution in [1.82, 2.24) is 20.4 Å². The quantitative estimate of drug-likeness (QED) is 0.370. The number of sulfone groups is 1. The normalized spacial score (nSPS) is 23.2. The van der Waals surface area contributed by atoms with Crippen LogP contribution in [-0.4, -0.2) is 87.5 Å². The fourth-order valence-electron chi connectivity index (χ4n) is 3.92. The lowest BCUT2D eigenvalue weighted by atomic mass is 10.2. The molecule has 1 unspecified atom stereocenters. The van der Waals surface area contributed by atoms with E-state index < -0.39 is 9.84 Å². The lowest BCUT2D eigenvalue weighted by Crippen LogP contribution is -2.46. The van der Waals surface area contributed by atoms with Crippen molar-refractivity contribution in [3.63, 3.8) is 0 Å². The summed E-state index contributed by atoms with van der Waals surface area (Å²) in [6.45, 7) is 10.1. The maximum Gasteiger partial charge on any atom is 0.191 e. The summed E-state index contributed by atoms with van der Waals surface area (Å²) in [5, 5.41) is 6.51. The van der Waals surface area contributed by atoms with Gasteiger partial charge in [-0.05, 0) is 25.3 Å². The first-order valence-corrected chi connectivity index (χ1v) is 12.6. The van der Waals surface area contributed by atoms with Crippen LogP contribution in [0.15, 0.2) is 35.3 Å². The molecule has 0 saturated carbocycles. The first-order valence-electron chi connectivity index (χ1n) is 10.8. The van der Waals surface area contributed by atoms with Gasteiger partial charge in [0, 0.05) is 58.4 Å². The molecule has 0 amide bonds. The average Bonchev–Trinajstić information content (AvgIpc) is 3.05. The van der Waals surface area contributed by atoms with Crippen molar-refractivity contribution in [2.75, 3.05) is 57.3 Å². The molecule has 2 aliphatic rings. The van der Waals surface area contributed by atoms with Gasteiger partial charge >= 0.3 is 0 Å². The zero-order chi connectivity index (χ0) is 20.5. The molecule has 2 saturated heterocycles. The monoisotopic (exact) mass is 421 g/mol. The summed E-state index contributed by atoms with van der Waals surface area (Å²) in [7, 11) is -2.88. The van der Waals surface area contributed by atoms with Crippen LogP contribution in [0.1, 0.15) is 25.3 Å². The summed E-state index contributed by atoms with van der Waals surface area (Å²) in [6.07, 6.45) is 1.68. The molecule has 7 nitrogen and oxygen atoms in total. The molecule has 0 bridgehead atoms. The Morgan fingerprint density at radius 3 is 2.52 bits per heavy atom. The van der Waals surface area contributed by atoms with Crippen molar-refractivity contribution in [2.45, 2.75) is 32.4 Å². The van der Waals surface area contributed by atoms with Crippen LogP contribution in [0.25, 0.3) is 0 Å². The summed E-state index contributed by atoms with van der Waals surface area (Å²) in [6, 6.07) is 10.7. The molecule has 0 spiro atoms. The zero-order valence-corrected chi connectivity index (χ0v) is 18.3. The highest BCUT2D eigenvalue weighted by Crippen LogP contribution is 2.11. The molecule has 1 aromatic carbocycles. The first kappa shape index (κ1) is 22.1. The number of rotatable bonds is 8. The summed E-state index contributed by atoms with van der Waals surface area (Å²) in [5.41, 5.74) is 1.38. The molecule has 2 aliphatic heterocycles. The van der Waals surface area contributed by atoms with Gasteiger partial charge < -0.3 is 15.5 Å². The fraction of sp³-hybridized carbons (Fsp3) is 0.667. The second-order valence-corrected chi connectivity index (χ2v) is 10.2. The number of guanidine groups is 1. The maximum absolute atomic E-state index is 11.6. The Morgan fingerprint density at radius 1 is 1.14 bits per heavy atom. The Morgan fingerprint density at radius 2 is 1.86 bits per heavy atom. The molecule has 0 aromatic heterocycles. The summed E-state index contributed by atoms with van der Waals surface area (Å²) in [5.74, 6) is 1.23. The molecule has 1 atom stereocenters. The van der Waals surface area contributed by atoms with E-state index in [1.54, 1.807) is 0 Å². The minimum absolute atomic E-state index is 0.0181. The van der Waals surface area contributed by atoms with Crippen molar-refractivity contribution in [3.8, 4) is 0 Å². The molecular formula is C21H35N5O2S. The maximum atomic E-state index is 11.6. The molecule has 2 heterocycles. The Labute approximate surface area is 175 Å². The van der Waals surface area contributed by atoms with Crippen molar-refractivity contribution in [2.24, 2.45) is 4.99 Å². The van der Waals surface area contributed by atoms with Gasteiger partial charge in [-0.25, -0.2) is 8.42 Å². The molecule has 29 heavy (non-hydrogen) atoms. The van der Waals surface area contributed by atoms with Crippen LogP contribution in [-0.2, 0) is 16.4 Å². The van der Waals surface area contributed by atoms with E-state index >= 15 is 0 Å². The minimum atomic E-state index is -2.88. The van der Waals surface area contributed by atoms with E-state index in [4.69, 9.17) is 0 Å². The largest absolute Gasteiger partial charge is 0.357 e. The van der Waals surface area contributed by atoms with Crippen LogP contribution in [0, 0.1) is 0 Å². The molecule has 3 rings (SSSR count). The number of benzene rings is 1. The number of piperazine rings is 1. The lowest BCUT2D eigenvalue weighted by Gasteiger charge is -2.34. The SMILES string of the molecule is CCNC(=NCCCN1CCN(Cc2ccccc2)CC1)NC1CCS(=O)(=O)C1. The molecule has 2 fully saturated rings. The standard InChI is InChI=1S/C21H35N5O2S/c1-2-22-21(24-20-9-16-29(27,28)18-20)23-10-6-11-25-12-14-26(15-13-25)17-19-7-4-3-5-8-19/h3-5,7-8,20H,2,6,9-18H2,1H3,(H2,22,23,24). The van der Waals surface area contributed by atoms with Crippen LogP contribution in [0.5, 0.6) is 0 Å². The van der Waals surface area contributed by atoms with Crippen molar-refractivity contribution >= 4 is 15.8 Å². The second kappa shape index (κ2) is 10.9. The summed E-state index contributed by atoms with van der Waals surface area (Å²) in [4.78, 5) is 9.68. The first-order chi connectivity index (χ1) is 14.0. The van der Waals surface area contributed by atoms with Crippen molar-refractivity contribution < 1.29 is 8.42 Å². The highest BCUT2D eigenvalue weighted by Gasteiger charge is 2.28. The second-order valence-electron chi connectivity index (χ2n) is 7.96. The van der Waals surface area contributed by atoms with E-state index in [1.807, 2.05) is 6.92 Å². The Bertz CT molecular complexity index is 746. The molecule has 162 valence electrons. The van der Waals surface area contributed by atoms with Gasteiger partial charge in [0.1, 0.15) is 0 Å². The van der Waals surface area contributed by atoms with E-state index in [1.165, 1.54) is 5.56 Å². The van der Waals surface area contributed by atoms with Gasteiger partial charge in [-0.2, -0.15) is 0 Å². The number of nitrogens with one attached hydrogen (secondary N) is 2. The highest BCUT2D eigenvalue weighted by atomic mass is 32.2. The van der Waals surface area contributed by atoms with Crippen LogP contribution in [0.3, 0.4) is 0 Å². The Balaban J connectivity index is 1.34. The number of nitrogens with zero attached hydrogens (tertiary/aromatic N) is 3. The van der Waals surface area contributed by atoms with E-state index in [-0.39, 0.29) is 17.5 Å². The van der Waals surface area contributed by atoms with E-state index in [0.717, 1.165) is 64.7 Å². The summed E-state index contributed by atoms with van der Waals surface area (Å²) >= 11 is 0. The van der Waals surface area contributed by atoms with Crippen LogP contribution in [0.2, 0.25) is 0 Å². The summed E-state index contributed by atoms with van der Waals surface area (Å²) < 4.78 is 23.3. The molecular weight excluding hydrogens is 386 g/mol. The van der Waals surface area contributed by atoms with Crippen LogP contribution in [0.4, 0.5) is 0 Å². The topological polar surface area (TPSA) is 77.0 Å². The predicted molar refractivity (Wildman–Crippen MR) is 119 cm³/mol. The molecule has 8 heteroatoms. The molecule has 0 aliphatic carbocycles. The molecule has 1 aromatic rings. The lowest BCUT2D eigenvalue weighted by molar-refractivity contribution is 0.127. The smallest absolute Gasteiger partial charge is 0.191 e. The predicted octanol–water partition coefficient (Wildman–Crippen LogP) is 0.937. The van der Waals surface area contributed by atoms with E-state index in [0.29, 0.717) is 6.42 Å². The van der Waals surface area contributed by atoms with E-state index in [9.17, 15) is 8.42 Å². The van der Waals surface area contributed by atoms with Gasteiger partial charge in [0.2, 0.25) is 0 Å².